The van der Waals surface area contributed by atoms with Gasteiger partial charge in [-0.25, -0.2) is 9.67 Å². The van der Waals surface area contributed by atoms with Gasteiger partial charge in [0.2, 0.25) is 0 Å². The van der Waals surface area contributed by atoms with Gasteiger partial charge in [-0.2, -0.15) is 10.2 Å². The first-order chi connectivity index (χ1) is 6.77. The fourth-order valence-corrected chi connectivity index (χ4v) is 1.04. The molecule has 70 valence electrons. The Bertz CT molecular complexity index is 451. The third-order valence-corrected chi connectivity index (χ3v) is 1.82. The second-order valence-corrected chi connectivity index (χ2v) is 2.95. The number of thiocarbonyl (C=S) groups is 1. The molecule has 14 heavy (non-hydrogen) atoms. The van der Waals surface area contributed by atoms with Crippen LogP contribution in [0.25, 0.3) is 5.82 Å². The van der Waals surface area contributed by atoms with E-state index in [4.69, 9.17) is 18.0 Å². The van der Waals surface area contributed by atoms with E-state index >= 15 is 0 Å². The molecule has 0 atom stereocenters. The van der Waals surface area contributed by atoms with Crippen LogP contribution in [0.15, 0.2) is 24.9 Å². The molecule has 0 bridgehead atoms. The van der Waals surface area contributed by atoms with E-state index in [0.717, 1.165) is 0 Å². The molecule has 0 amide bonds. The SMILES string of the molecule is NC(=S)c1cnnc(-n2cncn2)c1. The van der Waals surface area contributed by atoms with E-state index in [2.05, 4.69) is 20.3 Å². The average Bonchev–Trinajstić information content (AvgIpc) is 2.71. The van der Waals surface area contributed by atoms with Crippen LogP contribution in [-0.4, -0.2) is 30.0 Å². The summed E-state index contributed by atoms with van der Waals surface area (Å²) in [7, 11) is 0. The van der Waals surface area contributed by atoms with Crippen molar-refractivity contribution >= 4 is 17.2 Å². The molecule has 2 aromatic heterocycles. The lowest BCUT2D eigenvalue weighted by Crippen LogP contribution is -2.11. The predicted molar refractivity (Wildman–Crippen MR) is 52.8 cm³/mol. The maximum Gasteiger partial charge on any atom is 0.178 e. The molecule has 0 aromatic carbocycles. The number of hydrogen-bond donors (Lipinski definition) is 1. The highest BCUT2D eigenvalue weighted by Gasteiger charge is 2.02. The fraction of sp³-hybridized carbons (Fsp3) is 0. The summed E-state index contributed by atoms with van der Waals surface area (Å²) in [6.07, 6.45) is 4.44. The zero-order valence-electron chi connectivity index (χ0n) is 7.03. The fourth-order valence-electron chi connectivity index (χ4n) is 0.929. The van der Waals surface area contributed by atoms with Crippen LogP contribution < -0.4 is 5.73 Å². The molecule has 0 aliphatic rings. The van der Waals surface area contributed by atoms with Crippen LogP contribution >= 0.6 is 12.2 Å². The molecule has 0 fully saturated rings. The van der Waals surface area contributed by atoms with Crippen LogP contribution in [0.1, 0.15) is 5.56 Å². The van der Waals surface area contributed by atoms with Crippen LogP contribution in [0.4, 0.5) is 0 Å². The first-order valence-electron chi connectivity index (χ1n) is 3.75. The molecule has 7 heteroatoms. The quantitative estimate of drug-likeness (QED) is 0.679. The molecule has 2 N–H and O–H groups in total. The molecule has 0 aliphatic carbocycles. The van der Waals surface area contributed by atoms with Crippen LogP contribution in [0.2, 0.25) is 0 Å². The Morgan fingerprint density at radius 2 is 2.36 bits per heavy atom. The molecule has 6 nitrogen and oxygen atoms in total. The molecule has 0 aliphatic heterocycles. The summed E-state index contributed by atoms with van der Waals surface area (Å²) in [6.45, 7) is 0. The second kappa shape index (κ2) is 3.46. The molecular weight excluding hydrogens is 200 g/mol. The van der Waals surface area contributed by atoms with Crippen molar-refractivity contribution in [3.63, 3.8) is 0 Å². The molecule has 2 aromatic rings. The summed E-state index contributed by atoms with van der Waals surface area (Å²) in [5.74, 6) is 0.535. The van der Waals surface area contributed by atoms with Gasteiger partial charge in [0.05, 0.1) is 6.20 Å². The van der Waals surface area contributed by atoms with Gasteiger partial charge in [-0.15, -0.1) is 5.10 Å². The predicted octanol–water partition coefficient (Wildman–Crippen LogP) is -0.309. The number of rotatable bonds is 2. The molecule has 2 heterocycles. The Morgan fingerprint density at radius 3 is 3.00 bits per heavy atom. The van der Waals surface area contributed by atoms with Crippen LogP contribution in [0, 0.1) is 0 Å². The summed E-state index contributed by atoms with van der Waals surface area (Å²) in [5.41, 5.74) is 6.11. The number of nitrogens with two attached hydrogens (primary N) is 1. The summed E-state index contributed by atoms with van der Waals surface area (Å²) >= 11 is 4.82. The van der Waals surface area contributed by atoms with Crippen LogP contribution in [0.3, 0.4) is 0 Å². The van der Waals surface area contributed by atoms with Gasteiger partial charge in [-0.05, 0) is 6.07 Å². The summed E-state index contributed by atoms with van der Waals surface area (Å²) < 4.78 is 1.48. The molecule has 2 rings (SSSR count). The molecule has 0 saturated heterocycles. The zero-order chi connectivity index (χ0) is 9.97. The van der Waals surface area contributed by atoms with Crippen molar-refractivity contribution in [1.29, 1.82) is 0 Å². The molecule has 0 unspecified atom stereocenters. The molecule has 0 spiro atoms. The highest BCUT2D eigenvalue weighted by Crippen LogP contribution is 2.02. The van der Waals surface area contributed by atoms with E-state index in [0.29, 0.717) is 11.4 Å². The van der Waals surface area contributed by atoms with Gasteiger partial charge in [-0.1, -0.05) is 12.2 Å². The zero-order valence-corrected chi connectivity index (χ0v) is 7.85. The van der Waals surface area contributed by atoms with Crippen molar-refractivity contribution in [3.8, 4) is 5.82 Å². The maximum absolute atomic E-state index is 5.45. The third kappa shape index (κ3) is 1.57. The largest absolute Gasteiger partial charge is 0.389 e. The van der Waals surface area contributed by atoms with E-state index in [9.17, 15) is 0 Å². The van der Waals surface area contributed by atoms with Gasteiger partial charge < -0.3 is 5.73 Å². The first kappa shape index (κ1) is 8.70. The monoisotopic (exact) mass is 206 g/mol. The average molecular weight is 206 g/mol. The summed E-state index contributed by atoms with van der Waals surface area (Å²) in [4.78, 5) is 4.07. The van der Waals surface area contributed by atoms with E-state index < -0.39 is 0 Å². The maximum atomic E-state index is 5.45. The first-order valence-corrected chi connectivity index (χ1v) is 4.16. The molecule has 0 radical (unpaired) electrons. The van der Waals surface area contributed by atoms with Crippen LogP contribution in [0.5, 0.6) is 0 Å². The number of aromatic nitrogens is 5. The smallest absolute Gasteiger partial charge is 0.178 e. The lowest BCUT2D eigenvalue weighted by Gasteiger charge is -2.00. The Hall–Kier alpha value is -1.89. The van der Waals surface area contributed by atoms with E-state index in [1.54, 1.807) is 6.07 Å². The van der Waals surface area contributed by atoms with E-state index in [1.165, 1.54) is 23.5 Å². The highest BCUT2D eigenvalue weighted by atomic mass is 32.1. The van der Waals surface area contributed by atoms with Gasteiger partial charge in [-0.3, -0.25) is 0 Å². The van der Waals surface area contributed by atoms with Gasteiger partial charge in [0.15, 0.2) is 5.82 Å². The second-order valence-electron chi connectivity index (χ2n) is 2.51. The van der Waals surface area contributed by atoms with Crippen molar-refractivity contribution in [2.45, 2.75) is 0 Å². The van der Waals surface area contributed by atoms with E-state index in [-0.39, 0.29) is 4.99 Å². The lowest BCUT2D eigenvalue weighted by molar-refractivity contribution is 0.812. The standard InChI is InChI=1S/C7H6N6S/c8-7(14)5-1-6(12-10-2-5)13-4-9-3-11-13/h1-4H,(H2,8,14). The normalized spacial score (nSPS) is 10.0. The van der Waals surface area contributed by atoms with Gasteiger partial charge in [0.25, 0.3) is 0 Å². The minimum absolute atomic E-state index is 0.279. The lowest BCUT2D eigenvalue weighted by atomic mass is 10.3. The molecule has 0 saturated carbocycles. The minimum atomic E-state index is 0.279. The Balaban J connectivity index is 2.46. The van der Waals surface area contributed by atoms with Crippen molar-refractivity contribution in [2.75, 3.05) is 0 Å². The summed E-state index contributed by atoms with van der Waals surface area (Å²) in [5, 5.41) is 11.5. The number of hydrogen-bond acceptors (Lipinski definition) is 5. The van der Waals surface area contributed by atoms with Crippen molar-refractivity contribution in [1.82, 2.24) is 25.0 Å². The third-order valence-electron chi connectivity index (χ3n) is 1.58. The topological polar surface area (TPSA) is 82.5 Å². The van der Waals surface area contributed by atoms with E-state index in [1.807, 2.05) is 0 Å². The van der Waals surface area contributed by atoms with Gasteiger partial charge in [0.1, 0.15) is 17.6 Å². The van der Waals surface area contributed by atoms with Gasteiger partial charge >= 0.3 is 0 Å². The Kier molecular flexibility index (Phi) is 2.15. The van der Waals surface area contributed by atoms with Crippen molar-refractivity contribution < 1.29 is 0 Å². The van der Waals surface area contributed by atoms with Crippen molar-refractivity contribution in [3.05, 3.63) is 30.5 Å². The minimum Gasteiger partial charge on any atom is -0.389 e. The Morgan fingerprint density at radius 1 is 1.50 bits per heavy atom. The highest BCUT2D eigenvalue weighted by molar-refractivity contribution is 7.80. The molecular formula is C7H6N6S. The van der Waals surface area contributed by atoms with Crippen molar-refractivity contribution in [2.24, 2.45) is 5.73 Å². The number of nitrogens with zero attached hydrogens (tertiary/aromatic N) is 5. The summed E-state index contributed by atoms with van der Waals surface area (Å²) in [6, 6.07) is 1.70. The Labute approximate surface area is 84.8 Å². The van der Waals surface area contributed by atoms with Crippen LogP contribution in [-0.2, 0) is 0 Å². The van der Waals surface area contributed by atoms with Gasteiger partial charge in [0, 0.05) is 5.56 Å².